The number of hydrogen-bond acceptors (Lipinski definition) is 2. The van der Waals surface area contributed by atoms with E-state index in [1.165, 1.54) is 42.7 Å². The van der Waals surface area contributed by atoms with Gasteiger partial charge in [0.15, 0.2) is 0 Å². The molecule has 1 unspecified atom stereocenters. The molecule has 2 nitrogen and oxygen atoms in total. The second-order valence-corrected chi connectivity index (χ2v) is 5.60. The summed E-state index contributed by atoms with van der Waals surface area (Å²) in [5.74, 6) is 0.780. The molecular formula is C15H24N2. The predicted octanol–water partition coefficient (Wildman–Crippen LogP) is 3.11. The summed E-state index contributed by atoms with van der Waals surface area (Å²) in [6, 6.07) is 6.86. The Morgan fingerprint density at radius 1 is 1.29 bits per heavy atom. The molecule has 0 aliphatic carbocycles. The van der Waals surface area contributed by atoms with Crippen LogP contribution >= 0.6 is 0 Å². The van der Waals surface area contributed by atoms with Gasteiger partial charge in [0.25, 0.3) is 0 Å². The standard InChI is InChI=1S/C15H24N2/c1-11(2)6-8-17-9-7-14-10-13(12(3)16)4-5-15(14)17/h4-5,10-12H,6-9,16H2,1-3H3. The third-order valence-corrected chi connectivity index (χ3v) is 3.60. The van der Waals surface area contributed by atoms with Crippen LogP contribution in [0.4, 0.5) is 5.69 Å². The molecule has 2 N–H and O–H groups in total. The number of nitrogens with zero attached hydrogens (tertiary/aromatic N) is 1. The quantitative estimate of drug-likeness (QED) is 0.864. The molecule has 1 aliphatic heterocycles. The van der Waals surface area contributed by atoms with Crippen LogP contribution in [0.25, 0.3) is 0 Å². The summed E-state index contributed by atoms with van der Waals surface area (Å²) in [6.45, 7) is 8.98. The summed E-state index contributed by atoms with van der Waals surface area (Å²) in [6.07, 6.45) is 2.45. The highest BCUT2D eigenvalue weighted by Crippen LogP contribution is 2.30. The Balaban J connectivity index is 2.11. The molecule has 0 aromatic heterocycles. The average Bonchev–Trinajstić information content (AvgIpc) is 2.68. The van der Waals surface area contributed by atoms with Gasteiger partial charge in [-0.1, -0.05) is 26.0 Å². The Bertz CT molecular complexity index is 383. The molecule has 94 valence electrons. The van der Waals surface area contributed by atoms with Crippen LogP contribution in [0.2, 0.25) is 0 Å². The van der Waals surface area contributed by atoms with Gasteiger partial charge < -0.3 is 10.6 Å². The summed E-state index contributed by atoms with van der Waals surface area (Å²) in [4.78, 5) is 2.51. The molecule has 1 atom stereocenters. The fourth-order valence-electron chi connectivity index (χ4n) is 2.42. The maximum absolute atomic E-state index is 5.93. The molecule has 0 bridgehead atoms. The van der Waals surface area contributed by atoms with Crippen LogP contribution in [-0.2, 0) is 6.42 Å². The number of rotatable bonds is 4. The lowest BCUT2D eigenvalue weighted by Crippen LogP contribution is -2.22. The van der Waals surface area contributed by atoms with Crippen molar-refractivity contribution in [2.24, 2.45) is 11.7 Å². The van der Waals surface area contributed by atoms with E-state index in [-0.39, 0.29) is 6.04 Å². The summed E-state index contributed by atoms with van der Waals surface area (Å²) in [5, 5.41) is 0. The molecule has 0 amide bonds. The Morgan fingerprint density at radius 2 is 2.06 bits per heavy atom. The van der Waals surface area contributed by atoms with Crippen molar-refractivity contribution >= 4 is 5.69 Å². The Labute approximate surface area is 105 Å². The van der Waals surface area contributed by atoms with Gasteiger partial charge in [-0.05, 0) is 42.9 Å². The van der Waals surface area contributed by atoms with Crippen molar-refractivity contribution in [3.05, 3.63) is 29.3 Å². The minimum Gasteiger partial charge on any atom is -0.371 e. The molecule has 1 aliphatic rings. The Hall–Kier alpha value is -1.02. The fraction of sp³-hybridized carbons (Fsp3) is 0.600. The third kappa shape index (κ3) is 2.81. The first-order chi connectivity index (χ1) is 8.08. The molecule has 0 radical (unpaired) electrons. The summed E-state index contributed by atoms with van der Waals surface area (Å²) >= 11 is 0. The second kappa shape index (κ2) is 5.09. The molecular weight excluding hydrogens is 208 g/mol. The maximum Gasteiger partial charge on any atom is 0.0399 e. The molecule has 0 saturated heterocycles. The van der Waals surface area contributed by atoms with E-state index in [4.69, 9.17) is 5.73 Å². The van der Waals surface area contributed by atoms with Gasteiger partial charge in [0.05, 0.1) is 0 Å². The molecule has 2 heteroatoms. The van der Waals surface area contributed by atoms with Crippen LogP contribution in [0.1, 0.15) is 44.4 Å². The van der Waals surface area contributed by atoms with Crippen LogP contribution in [-0.4, -0.2) is 13.1 Å². The first-order valence-corrected chi connectivity index (χ1v) is 6.71. The largest absolute Gasteiger partial charge is 0.371 e. The number of hydrogen-bond donors (Lipinski definition) is 1. The lowest BCUT2D eigenvalue weighted by molar-refractivity contribution is 0.578. The van der Waals surface area contributed by atoms with Crippen molar-refractivity contribution in [2.45, 2.75) is 39.7 Å². The zero-order chi connectivity index (χ0) is 12.4. The first-order valence-electron chi connectivity index (χ1n) is 6.71. The van der Waals surface area contributed by atoms with Crippen molar-refractivity contribution in [3.8, 4) is 0 Å². The topological polar surface area (TPSA) is 29.3 Å². The van der Waals surface area contributed by atoms with E-state index in [0.717, 1.165) is 5.92 Å². The van der Waals surface area contributed by atoms with Crippen LogP contribution in [0.5, 0.6) is 0 Å². The normalized spacial score (nSPS) is 16.4. The van der Waals surface area contributed by atoms with Crippen molar-refractivity contribution in [1.29, 1.82) is 0 Å². The number of fused-ring (bicyclic) bond motifs is 1. The van der Waals surface area contributed by atoms with Gasteiger partial charge >= 0.3 is 0 Å². The maximum atomic E-state index is 5.93. The van der Waals surface area contributed by atoms with Crippen LogP contribution in [0.3, 0.4) is 0 Å². The number of benzene rings is 1. The van der Waals surface area contributed by atoms with Gasteiger partial charge in [0, 0.05) is 24.8 Å². The number of nitrogens with two attached hydrogens (primary N) is 1. The van der Waals surface area contributed by atoms with Crippen molar-refractivity contribution in [1.82, 2.24) is 0 Å². The molecule has 0 saturated carbocycles. The summed E-state index contributed by atoms with van der Waals surface area (Å²) < 4.78 is 0. The molecule has 1 aromatic carbocycles. The minimum atomic E-state index is 0.144. The highest BCUT2D eigenvalue weighted by atomic mass is 15.1. The van der Waals surface area contributed by atoms with E-state index < -0.39 is 0 Å². The van der Waals surface area contributed by atoms with Crippen molar-refractivity contribution in [2.75, 3.05) is 18.0 Å². The minimum absolute atomic E-state index is 0.144. The molecule has 1 aromatic rings. The predicted molar refractivity (Wildman–Crippen MR) is 74.4 cm³/mol. The molecule has 0 fully saturated rings. The first kappa shape index (κ1) is 12.4. The van der Waals surface area contributed by atoms with Crippen LogP contribution in [0.15, 0.2) is 18.2 Å². The summed E-state index contributed by atoms with van der Waals surface area (Å²) in [7, 11) is 0. The third-order valence-electron chi connectivity index (χ3n) is 3.60. The Kier molecular flexibility index (Phi) is 3.72. The van der Waals surface area contributed by atoms with Gasteiger partial charge in [-0.15, -0.1) is 0 Å². The van der Waals surface area contributed by atoms with E-state index in [1.807, 2.05) is 6.92 Å². The van der Waals surface area contributed by atoms with E-state index in [1.54, 1.807) is 0 Å². The van der Waals surface area contributed by atoms with E-state index in [9.17, 15) is 0 Å². The SMILES string of the molecule is CC(C)CCN1CCc2cc(C(C)N)ccc21. The van der Waals surface area contributed by atoms with E-state index in [2.05, 4.69) is 36.9 Å². The fourth-order valence-corrected chi connectivity index (χ4v) is 2.42. The van der Waals surface area contributed by atoms with Gasteiger partial charge in [0.2, 0.25) is 0 Å². The zero-order valence-corrected chi connectivity index (χ0v) is 11.2. The molecule has 2 rings (SSSR count). The highest BCUT2D eigenvalue weighted by molar-refractivity contribution is 5.59. The summed E-state index contributed by atoms with van der Waals surface area (Å²) in [5.41, 5.74) is 10.1. The van der Waals surface area contributed by atoms with Crippen molar-refractivity contribution < 1.29 is 0 Å². The van der Waals surface area contributed by atoms with Crippen LogP contribution < -0.4 is 10.6 Å². The Morgan fingerprint density at radius 3 is 2.71 bits per heavy atom. The average molecular weight is 232 g/mol. The van der Waals surface area contributed by atoms with Crippen molar-refractivity contribution in [3.63, 3.8) is 0 Å². The second-order valence-electron chi connectivity index (χ2n) is 5.60. The number of anilines is 1. The molecule has 17 heavy (non-hydrogen) atoms. The van der Waals surface area contributed by atoms with Crippen LogP contribution in [0, 0.1) is 5.92 Å². The van der Waals surface area contributed by atoms with Gasteiger partial charge in [0.1, 0.15) is 0 Å². The van der Waals surface area contributed by atoms with Gasteiger partial charge in [-0.25, -0.2) is 0 Å². The molecule has 0 spiro atoms. The lowest BCUT2D eigenvalue weighted by atomic mass is 10.0. The monoisotopic (exact) mass is 232 g/mol. The lowest BCUT2D eigenvalue weighted by Gasteiger charge is -2.20. The van der Waals surface area contributed by atoms with E-state index in [0.29, 0.717) is 0 Å². The van der Waals surface area contributed by atoms with Gasteiger partial charge in [-0.3, -0.25) is 0 Å². The van der Waals surface area contributed by atoms with Gasteiger partial charge in [-0.2, -0.15) is 0 Å². The zero-order valence-electron chi connectivity index (χ0n) is 11.2. The highest BCUT2D eigenvalue weighted by Gasteiger charge is 2.19. The molecule has 1 heterocycles. The van der Waals surface area contributed by atoms with E-state index >= 15 is 0 Å². The smallest absolute Gasteiger partial charge is 0.0399 e.